The van der Waals surface area contributed by atoms with Crippen LogP contribution in [0.4, 0.5) is 5.69 Å². The molecule has 0 radical (unpaired) electrons. The summed E-state index contributed by atoms with van der Waals surface area (Å²) < 4.78 is 5.44. The lowest BCUT2D eigenvalue weighted by atomic mass is 10.1. The Hall–Kier alpha value is -1.39. The van der Waals surface area contributed by atoms with Crippen molar-refractivity contribution in [2.75, 3.05) is 24.6 Å². The van der Waals surface area contributed by atoms with E-state index in [1.54, 1.807) is 4.90 Å². The molecule has 2 rings (SSSR count). The zero-order valence-corrected chi connectivity index (χ0v) is 10.1. The van der Waals surface area contributed by atoms with Crippen molar-refractivity contribution in [1.82, 2.24) is 0 Å². The standard InChI is InChI=1S/C13H18N2O2/c1-10-3-2-4-11(9-10)15-7-8-17-12(5-6-14)13(15)16/h2-4,9,12H,5-8,14H2,1H3. The summed E-state index contributed by atoms with van der Waals surface area (Å²) in [7, 11) is 0. The maximum Gasteiger partial charge on any atom is 0.256 e. The summed E-state index contributed by atoms with van der Waals surface area (Å²) >= 11 is 0. The van der Waals surface area contributed by atoms with Crippen molar-refractivity contribution in [2.24, 2.45) is 5.73 Å². The van der Waals surface area contributed by atoms with E-state index in [0.717, 1.165) is 11.3 Å². The predicted octanol–water partition coefficient (Wildman–Crippen LogP) is 1.08. The minimum absolute atomic E-state index is 0.0206. The van der Waals surface area contributed by atoms with Gasteiger partial charge in [-0.25, -0.2) is 0 Å². The second kappa shape index (κ2) is 5.29. The Labute approximate surface area is 101 Å². The average Bonchev–Trinajstić information content (AvgIpc) is 2.32. The number of carbonyl (C=O) groups is 1. The normalized spacial score (nSPS) is 20.7. The quantitative estimate of drug-likeness (QED) is 0.851. The van der Waals surface area contributed by atoms with Crippen LogP contribution in [0.1, 0.15) is 12.0 Å². The largest absolute Gasteiger partial charge is 0.366 e. The molecule has 1 heterocycles. The monoisotopic (exact) mass is 234 g/mol. The molecule has 92 valence electrons. The van der Waals surface area contributed by atoms with Crippen molar-refractivity contribution < 1.29 is 9.53 Å². The molecule has 2 N–H and O–H groups in total. The van der Waals surface area contributed by atoms with Crippen LogP contribution < -0.4 is 10.6 Å². The molecule has 1 unspecified atom stereocenters. The van der Waals surface area contributed by atoms with Crippen LogP contribution in [0.25, 0.3) is 0 Å². The van der Waals surface area contributed by atoms with Gasteiger partial charge in [-0.3, -0.25) is 4.79 Å². The number of ether oxygens (including phenoxy) is 1. The number of nitrogens with two attached hydrogens (primary N) is 1. The highest BCUT2D eigenvalue weighted by Crippen LogP contribution is 2.20. The van der Waals surface area contributed by atoms with Crippen molar-refractivity contribution >= 4 is 11.6 Å². The number of benzene rings is 1. The van der Waals surface area contributed by atoms with Crippen LogP contribution in [0.15, 0.2) is 24.3 Å². The first-order valence-corrected chi connectivity index (χ1v) is 5.92. The van der Waals surface area contributed by atoms with Crippen LogP contribution in [-0.2, 0) is 9.53 Å². The van der Waals surface area contributed by atoms with E-state index >= 15 is 0 Å². The van der Waals surface area contributed by atoms with Crippen LogP contribution in [0, 0.1) is 6.92 Å². The van der Waals surface area contributed by atoms with E-state index in [-0.39, 0.29) is 12.0 Å². The molecule has 1 aromatic carbocycles. The molecule has 0 saturated carbocycles. The number of rotatable bonds is 3. The summed E-state index contributed by atoms with van der Waals surface area (Å²) in [6, 6.07) is 7.95. The number of hydrogen-bond donors (Lipinski definition) is 1. The summed E-state index contributed by atoms with van der Waals surface area (Å²) in [4.78, 5) is 14.0. The van der Waals surface area contributed by atoms with Crippen LogP contribution in [0.5, 0.6) is 0 Å². The molecule has 0 aliphatic carbocycles. The van der Waals surface area contributed by atoms with Gasteiger partial charge in [-0.15, -0.1) is 0 Å². The fourth-order valence-corrected chi connectivity index (χ4v) is 2.05. The maximum absolute atomic E-state index is 12.2. The van der Waals surface area contributed by atoms with Gasteiger partial charge in [-0.1, -0.05) is 12.1 Å². The second-order valence-electron chi connectivity index (χ2n) is 4.27. The summed E-state index contributed by atoms with van der Waals surface area (Å²) in [5, 5.41) is 0. The van der Waals surface area contributed by atoms with Crippen LogP contribution in [0.2, 0.25) is 0 Å². The van der Waals surface area contributed by atoms with Gasteiger partial charge >= 0.3 is 0 Å². The smallest absolute Gasteiger partial charge is 0.256 e. The van der Waals surface area contributed by atoms with Gasteiger partial charge < -0.3 is 15.4 Å². The van der Waals surface area contributed by atoms with E-state index in [0.29, 0.717) is 26.1 Å². The van der Waals surface area contributed by atoms with Gasteiger partial charge in [0.15, 0.2) is 0 Å². The van der Waals surface area contributed by atoms with Crippen LogP contribution in [-0.4, -0.2) is 31.7 Å². The minimum Gasteiger partial charge on any atom is -0.366 e. The van der Waals surface area contributed by atoms with Crippen molar-refractivity contribution in [3.63, 3.8) is 0 Å². The SMILES string of the molecule is Cc1cccc(N2CCOC(CCN)C2=O)c1. The Morgan fingerprint density at radius 3 is 3.06 bits per heavy atom. The van der Waals surface area contributed by atoms with E-state index in [2.05, 4.69) is 0 Å². The summed E-state index contributed by atoms with van der Waals surface area (Å²) in [5.74, 6) is 0.0206. The predicted molar refractivity (Wildman–Crippen MR) is 66.9 cm³/mol. The number of hydrogen-bond acceptors (Lipinski definition) is 3. The Kier molecular flexibility index (Phi) is 3.76. The maximum atomic E-state index is 12.2. The van der Waals surface area contributed by atoms with Gasteiger partial charge in [0, 0.05) is 12.2 Å². The number of morpholine rings is 1. The average molecular weight is 234 g/mol. The first-order valence-electron chi connectivity index (χ1n) is 5.92. The number of aryl methyl sites for hydroxylation is 1. The lowest BCUT2D eigenvalue weighted by Gasteiger charge is -2.32. The molecule has 4 nitrogen and oxygen atoms in total. The molecule has 1 aromatic rings. The Bertz CT molecular complexity index is 404. The van der Waals surface area contributed by atoms with Gasteiger partial charge in [0.2, 0.25) is 0 Å². The minimum atomic E-state index is -0.380. The van der Waals surface area contributed by atoms with Gasteiger partial charge in [0.1, 0.15) is 6.10 Å². The Balaban J connectivity index is 2.17. The van der Waals surface area contributed by atoms with E-state index in [1.807, 2.05) is 31.2 Å². The third-order valence-electron chi connectivity index (χ3n) is 2.92. The van der Waals surface area contributed by atoms with Crippen molar-refractivity contribution in [3.05, 3.63) is 29.8 Å². The zero-order valence-electron chi connectivity index (χ0n) is 10.1. The molecule has 1 saturated heterocycles. The fraction of sp³-hybridized carbons (Fsp3) is 0.462. The number of nitrogens with zero attached hydrogens (tertiary/aromatic N) is 1. The van der Waals surface area contributed by atoms with E-state index in [1.165, 1.54) is 0 Å². The molecule has 1 aliphatic rings. The second-order valence-corrected chi connectivity index (χ2v) is 4.27. The van der Waals surface area contributed by atoms with Crippen LogP contribution in [0.3, 0.4) is 0 Å². The number of anilines is 1. The first-order chi connectivity index (χ1) is 8.22. The fourth-order valence-electron chi connectivity index (χ4n) is 2.05. The lowest BCUT2D eigenvalue weighted by molar-refractivity contribution is -0.134. The van der Waals surface area contributed by atoms with Gasteiger partial charge in [0.25, 0.3) is 5.91 Å². The molecular weight excluding hydrogens is 216 g/mol. The molecule has 1 aliphatic heterocycles. The third-order valence-corrected chi connectivity index (χ3v) is 2.92. The third kappa shape index (κ3) is 2.65. The first kappa shape index (κ1) is 12.1. The Morgan fingerprint density at radius 1 is 1.53 bits per heavy atom. The van der Waals surface area contributed by atoms with Crippen molar-refractivity contribution in [2.45, 2.75) is 19.4 Å². The van der Waals surface area contributed by atoms with E-state index in [4.69, 9.17) is 10.5 Å². The van der Waals surface area contributed by atoms with E-state index in [9.17, 15) is 4.79 Å². The van der Waals surface area contributed by atoms with Crippen molar-refractivity contribution in [3.8, 4) is 0 Å². The molecule has 4 heteroatoms. The molecule has 0 bridgehead atoms. The topological polar surface area (TPSA) is 55.6 Å². The van der Waals surface area contributed by atoms with Gasteiger partial charge in [-0.05, 0) is 37.6 Å². The van der Waals surface area contributed by atoms with Crippen molar-refractivity contribution in [1.29, 1.82) is 0 Å². The molecule has 0 spiro atoms. The number of amides is 1. The molecular formula is C13H18N2O2. The van der Waals surface area contributed by atoms with Gasteiger partial charge in [0.05, 0.1) is 6.61 Å². The molecule has 17 heavy (non-hydrogen) atoms. The van der Waals surface area contributed by atoms with E-state index < -0.39 is 0 Å². The Morgan fingerprint density at radius 2 is 2.35 bits per heavy atom. The molecule has 1 amide bonds. The lowest BCUT2D eigenvalue weighted by Crippen LogP contribution is -2.48. The highest BCUT2D eigenvalue weighted by molar-refractivity contribution is 5.97. The van der Waals surface area contributed by atoms with Crippen LogP contribution >= 0.6 is 0 Å². The highest BCUT2D eigenvalue weighted by atomic mass is 16.5. The highest BCUT2D eigenvalue weighted by Gasteiger charge is 2.29. The molecule has 0 aromatic heterocycles. The van der Waals surface area contributed by atoms with Gasteiger partial charge in [-0.2, -0.15) is 0 Å². The molecule has 1 fully saturated rings. The number of carbonyl (C=O) groups excluding carboxylic acids is 1. The molecule has 1 atom stereocenters. The zero-order chi connectivity index (χ0) is 12.3. The summed E-state index contributed by atoms with van der Waals surface area (Å²) in [6.07, 6.45) is 0.204. The summed E-state index contributed by atoms with van der Waals surface area (Å²) in [5.41, 5.74) is 7.57. The summed E-state index contributed by atoms with van der Waals surface area (Å²) in [6.45, 7) is 3.68.